The van der Waals surface area contributed by atoms with E-state index < -0.39 is 29.2 Å². The minimum absolute atomic E-state index is 0.0534. The number of hydrogen-bond donors (Lipinski definition) is 1. The number of fused-ring (bicyclic) bond motifs is 4. The van der Waals surface area contributed by atoms with Gasteiger partial charge in [-0.05, 0) is 60.8 Å². The lowest BCUT2D eigenvalue weighted by atomic mass is 9.59. The molecule has 1 N–H and O–H groups in total. The van der Waals surface area contributed by atoms with E-state index in [0.717, 1.165) is 11.0 Å². The molecule has 6 nitrogen and oxygen atoms in total. The van der Waals surface area contributed by atoms with E-state index in [1.54, 1.807) is 6.07 Å². The zero-order valence-electron chi connectivity index (χ0n) is 20.7. The summed E-state index contributed by atoms with van der Waals surface area (Å²) in [6.45, 7) is 5.53. The van der Waals surface area contributed by atoms with Gasteiger partial charge >= 0.3 is 0 Å². The molecule has 6 rings (SSSR count). The number of phenols is 1. The predicted molar refractivity (Wildman–Crippen MR) is 142 cm³/mol. The molecule has 188 valence electrons. The Bertz CT molecular complexity index is 1540. The molecule has 1 heterocycles. The average Bonchev–Trinajstić information content (AvgIpc) is 3.12. The van der Waals surface area contributed by atoms with Gasteiger partial charge in [0.15, 0.2) is 11.6 Å². The molecule has 0 bridgehead atoms. The van der Waals surface area contributed by atoms with Crippen LogP contribution in [-0.4, -0.2) is 38.9 Å². The van der Waals surface area contributed by atoms with Gasteiger partial charge in [0, 0.05) is 39.6 Å². The number of hydrogen-bond acceptors (Lipinski definition) is 5. The number of rotatable bonds is 1. The third kappa shape index (κ3) is 3.36. The smallest absolute Gasteiger partial charge is 0.234 e. The molecular formula is C30H26BrNO5. The molecular weight excluding hydrogens is 534 g/mol. The first-order valence-corrected chi connectivity index (χ1v) is 13.3. The molecule has 7 heteroatoms. The number of aromatic hydroxyl groups is 1. The summed E-state index contributed by atoms with van der Waals surface area (Å²) in [5.41, 5.74) is 1.40. The maximum atomic E-state index is 13.7. The van der Waals surface area contributed by atoms with Gasteiger partial charge in [-0.1, -0.05) is 48.0 Å². The van der Waals surface area contributed by atoms with E-state index in [2.05, 4.69) is 15.9 Å². The normalized spacial score (nSPS) is 27.7. The lowest BCUT2D eigenvalue weighted by Gasteiger charge is -2.42. The Balaban J connectivity index is 1.57. The van der Waals surface area contributed by atoms with Crippen LogP contribution in [0.4, 0.5) is 0 Å². The molecule has 0 aromatic heterocycles. The Morgan fingerprint density at radius 1 is 0.973 bits per heavy atom. The molecule has 0 saturated carbocycles. The zero-order chi connectivity index (χ0) is 26.4. The van der Waals surface area contributed by atoms with Crippen LogP contribution in [0.25, 0.3) is 10.8 Å². The lowest BCUT2D eigenvalue weighted by Crippen LogP contribution is -2.46. The van der Waals surface area contributed by atoms with Gasteiger partial charge in [-0.3, -0.25) is 24.1 Å². The fraction of sp³-hybridized carbons (Fsp3) is 0.333. The first-order chi connectivity index (χ1) is 17.5. The van der Waals surface area contributed by atoms with E-state index in [0.29, 0.717) is 28.5 Å². The summed E-state index contributed by atoms with van der Waals surface area (Å²) in [5, 5.41) is 12.9. The van der Waals surface area contributed by atoms with Gasteiger partial charge in [0.25, 0.3) is 0 Å². The fourth-order valence-electron chi connectivity index (χ4n) is 6.73. The minimum Gasteiger partial charge on any atom is -0.507 e. The summed E-state index contributed by atoms with van der Waals surface area (Å²) in [5.74, 6) is -3.15. The van der Waals surface area contributed by atoms with Gasteiger partial charge < -0.3 is 5.11 Å². The highest BCUT2D eigenvalue weighted by molar-refractivity contribution is 9.12. The Kier molecular flexibility index (Phi) is 5.26. The second-order valence-corrected chi connectivity index (χ2v) is 12.2. The van der Waals surface area contributed by atoms with Gasteiger partial charge in [-0.25, -0.2) is 0 Å². The van der Waals surface area contributed by atoms with Crippen LogP contribution in [-0.2, 0) is 19.2 Å². The van der Waals surface area contributed by atoms with Gasteiger partial charge in [-0.15, -0.1) is 0 Å². The van der Waals surface area contributed by atoms with E-state index in [1.807, 2.05) is 57.2 Å². The van der Waals surface area contributed by atoms with Crippen molar-refractivity contribution in [3.63, 3.8) is 0 Å². The number of phenolic OH excluding ortho intramolecular Hbond substituents is 1. The largest absolute Gasteiger partial charge is 0.507 e. The molecule has 1 saturated heterocycles. The molecule has 1 aliphatic heterocycles. The average molecular weight is 560 g/mol. The van der Waals surface area contributed by atoms with Crippen LogP contribution < -0.4 is 0 Å². The van der Waals surface area contributed by atoms with Crippen molar-refractivity contribution in [3.05, 3.63) is 75.3 Å². The van der Waals surface area contributed by atoms with E-state index in [-0.39, 0.29) is 40.0 Å². The molecule has 37 heavy (non-hydrogen) atoms. The molecule has 3 aliphatic carbocycles. The maximum absolute atomic E-state index is 13.7. The van der Waals surface area contributed by atoms with Crippen molar-refractivity contribution >= 4 is 50.1 Å². The van der Waals surface area contributed by atoms with Gasteiger partial charge in [-0.2, -0.15) is 0 Å². The van der Waals surface area contributed by atoms with Crippen molar-refractivity contribution < 1.29 is 24.3 Å². The SMILES string of the molecule is CC(C)(C)N1C(=O)[C@H]2[C@H](CC=C3[C@H](c4ccc5ccccc5c4O)C4=C(C[C@H]32)C(=O)C(Br)=CC4=O)C1=O. The highest BCUT2D eigenvalue weighted by Crippen LogP contribution is 2.57. The Labute approximate surface area is 222 Å². The van der Waals surface area contributed by atoms with Crippen LogP contribution in [0.2, 0.25) is 0 Å². The molecule has 4 aliphatic rings. The van der Waals surface area contributed by atoms with Crippen molar-refractivity contribution in [2.45, 2.75) is 45.1 Å². The van der Waals surface area contributed by atoms with Crippen molar-refractivity contribution in [2.75, 3.05) is 0 Å². The number of amides is 2. The molecule has 0 unspecified atom stereocenters. The number of Topliss-reactive ketones (excluding diaryl/α,β-unsaturated/α-hetero) is 1. The minimum atomic E-state index is -0.681. The third-order valence-corrected chi connectivity index (χ3v) is 8.83. The quantitative estimate of drug-likeness (QED) is 0.298. The van der Waals surface area contributed by atoms with E-state index >= 15 is 0 Å². The molecule has 0 spiro atoms. The molecule has 2 amide bonds. The van der Waals surface area contributed by atoms with Crippen LogP contribution in [0, 0.1) is 17.8 Å². The predicted octanol–water partition coefficient (Wildman–Crippen LogP) is 5.11. The number of carbonyl (C=O) groups is 4. The van der Waals surface area contributed by atoms with Crippen LogP contribution in [0.15, 0.2) is 69.8 Å². The molecule has 1 fully saturated rings. The standard InChI is InChI=1S/C30H26BrNO5/c1-30(2,3)32-28(36)18-11-10-16-19(24(18)29(32)37)12-20-25(22(33)13-21(31)27(20)35)23(16)17-9-8-14-6-4-5-7-15(14)26(17)34/h4-10,13,18-19,23-24,34H,11-12H2,1-3H3/t18-,19+,23+,24-/m0/s1. The zero-order valence-corrected chi connectivity index (χ0v) is 22.3. The first kappa shape index (κ1) is 24.0. The van der Waals surface area contributed by atoms with Crippen LogP contribution >= 0.6 is 15.9 Å². The van der Waals surface area contributed by atoms with Gasteiger partial charge in [0.2, 0.25) is 11.8 Å². The van der Waals surface area contributed by atoms with E-state index in [9.17, 15) is 24.3 Å². The third-order valence-electron chi connectivity index (χ3n) is 8.24. The topological polar surface area (TPSA) is 91.8 Å². The van der Waals surface area contributed by atoms with Gasteiger partial charge in [0.05, 0.1) is 16.3 Å². The number of ketones is 2. The Hall–Kier alpha value is -3.32. The number of benzene rings is 2. The Morgan fingerprint density at radius 3 is 2.43 bits per heavy atom. The lowest BCUT2D eigenvalue weighted by molar-refractivity contribution is -0.145. The monoisotopic (exact) mass is 559 g/mol. The molecule has 4 atom stereocenters. The molecule has 2 aromatic rings. The maximum Gasteiger partial charge on any atom is 0.234 e. The van der Waals surface area contributed by atoms with Gasteiger partial charge in [0.1, 0.15) is 5.75 Å². The number of halogens is 1. The summed E-state index contributed by atoms with van der Waals surface area (Å²) in [6.07, 6.45) is 3.85. The molecule has 2 aromatic carbocycles. The number of likely N-dealkylation sites (tertiary alicyclic amines) is 1. The number of imide groups is 1. The second-order valence-electron chi connectivity index (χ2n) is 11.3. The van der Waals surface area contributed by atoms with Crippen LogP contribution in [0.5, 0.6) is 5.75 Å². The highest BCUT2D eigenvalue weighted by atomic mass is 79.9. The summed E-state index contributed by atoms with van der Waals surface area (Å²) in [4.78, 5) is 55.2. The van der Waals surface area contributed by atoms with Crippen molar-refractivity contribution in [1.82, 2.24) is 4.90 Å². The number of carbonyl (C=O) groups excluding carboxylic acids is 4. The van der Waals surface area contributed by atoms with Crippen LogP contribution in [0.3, 0.4) is 0 Å². The Morgan fingerprint density at radius 2 is 1.70 bits per heavy atom. The first-order valence-electron chi connectivity index (χ1n) is 12.5. The fourth-order valence-corrected chi connectivity index (χ4v) is 7.18. The summed E-state index contributed by atoms with van der Waals surface area (Å²) < 4.78 is 0.183. The summed E-state index contributed by atoms with van der Waals surface area (Å²) >= 11 is 3.24. The van der Waals surface area contributed by atoms with Crippen molar-refractivity contribution in [3.8, 4) is 5.75 Å². The van der Waals surface area contributed by atoms with Crippen molar-refractivity contribution in [2.24, 2.45) is 17.8 Å². The number of allylic oxidation sites excluding steroid dienone is 6. The molecule has 0 radical (unpaired) electrons. The van der Waals surface area contributed by atoms with E-state index in [4.69, 9.17) is 0 Å². The summed E-state index contributed by atoms with van der Waals surface area (Å²) in [6, 6.07) is 11.1. The summed E-state index contributed by atoms with van der Waals surface area (Å²) in [7, 11) is 0. The van der Waals surface area contributed by atoms with Crippen molar-refractivity contribution in [1.29, 1.82) is 0 Å². The van der Waals surface area contributed by atoms with E-state index in [1.165, 1.54) is 11.0 Å². The number of nitrogens with zero attached hydrogens (tertiary/aromatic N) is 1. The highest BCUT2D eigenvalue weighted by Gasteiger charge is 2.58. The second kappa shape index (κ2) is 8.09. The van der Waals surface area contributed by atoms with Crippen LogP contribution in [0.1, 0.15) is 45.1 Å².